The Morgan fingerprint density at radius 1 is 0.848 bits per heavy atom. The van der Waals surface area contributed by atoms with E-state index in [4.69, 9.17) is 9.84 Å². The third kappa shape index (κ3) is 4.54. The minimum absolute atomic E-state index is 0.176. The molecule has 0 spiro atoms. The van der Waals surface area contributed by atoms with E-state index in [9.17, 15) is 4.79 Å². The van der Waals surface area contributed by atoms with E-state index in [1.165, 1.54) is 0 Å². The van der Waals surface area contributed by atoms with E-state index in [0.29, 0.717) is 5.88 Å². The fourth-order valence-electron chi connectivity index (χ4n) is 3.80. The normalized spacial score (nSPS) is 10.9. The third-order valence-corrected chi connectivity index (χ3v) is 6.54. The zero-order valence-electron chi connectivity index (χ0n) is 18.1. The van der Waals surface area contributed by atoms with Gasteiger partial charge in [-0.05, 0) is 47.5 Å². The van der Waals surface area contributed by atoms with Gasteiger partial charge in [0.2, 0.25) is 5.88 Å². The third-order valence-electron chi connectivity index (χ3n) is 5.35. The van der Waals surface area contributed by atoms with Crippen LogP contribution >= 0.6 is 11.8 Å². The average Bonchev–Trinajstić information content (AvgIpc) is 3.15. The number of fused-ring (bicyclic) bond motifs is 1. The summed E-state index contributed by atoms with van der Waals surface area (Å²) < 4.78 is 7.73. The summed E-state index contributed by atoms with van der Waals surface area (Å²) in [5.41, 5.74) is 2.59. The van der Waals surface area contributed by atoms with Gasteiger partial charge in [-0.1, -0.05) is 90.6 Å². The number of nitrogens with zero attached hydrogens (tertiary/aromatic N) is 2. The van der Waals surface area contributed by atoms with Crippen molar-refractivity contribution >= 4 is 28.5 Å². The molecule has 0 fully saturated rings. The standard InChI is InChI=1S/C28H22N2O2S/c1-20-27(33-24-16-6-3-7-17-24)28(30(29-20)23-14-4-2-5-15-23)32-26(31)19-22-13-10-12-21-11-8-9-18-25(21)22/h2-18H,19H2,1H3. The molecule has 5 heteroatoms. The number of ether oxygens (including phenoxy) is 1. The zero-order valence-corrected chi connectivity index (χ0v) is 19.0. The number of rotatable bonds is 6. The lowest BCUT2D eigenvalue weighted by molar-refractivity contribution is -0.134. The van der Waals surface area contributed by atoms with Crippen molar-refractivity contribution in [2.45, 2.75) is 23.1 Å². The van der Waals surface area contributed by atoms with Crippen molar-refractivity contribution < 1.29 is 9.53 Å². The molecule has 5 rings (SSSR count). The van der Waals surface area contributed by atoms with Crippen LogP contribution in [-0.4, -0.2) is 15.7 Å². The van der Waals surface area contributed by atoms with E-state index in [2.05, 4.69) is 0 Å². The van der Waals surface area contributed by atoms with Gasteiger partial charge in [0, 0.05) is 4.90 Å². The van der Waals surface area contributed by atoms with Gasteiger partial charge >= 0.3 is 5.97 Å². The Kier molecular flexibility index (Phi) is 5.96. The lowest BCUT2D eigenvalue weighted by Gasteiger charge is -2.11. The molecule has 1 aromatic heterocycles. The van der Waals surface area contributed by atoms with Crippen LogP contribution in [0.25, 0.3) is 16.5 Å². The van der Waals surface area contributed by atoms with Gasteiger partial charge in [-0.2, -0.15) is 9.78 Å². The van der Waals surface area contributed by atoms with E-state index >= 15 is 0 Å². The van der Waals surface area contributed by atoms with Crippen LogP contribution in [0.5, 0.6) is 5.88 Å². The molecule has 5 aromatic rings. The van der Waals surface area contributed by atoms with Crippen molar-refractivity contribution in [2.75, 3.05) is 0 Å². The topological polar surface area (TPSA) is 44.1 Å². The quantitative estimate of drug-likeness (QED) is 0.272. The zero-order chi connectivity index (χ0) is 22.6. The maximum Gasteiger partial charge on any atom is 0.317 e. The molecule has 4 aromatic carbocycles. The highest BCUT2D eigenvalue weighted by atomic mass is 32.2. The monoisotopic (exact) mass is 450 g/mol. The van der Waals surface area contributed by atoms with E-state index in [-0.39, 0.29) is 12.4 Å². The maximum atomic E-state index is 13.2. The number of hydrogen-bond donors (Lipinski definition) is 0. The molecule has 0 bridgehead atoms. The van der Waals surface area contributed by atoms with E-state index < -0.39 is 0 Å². The molecular weight excluding hydrogens is 428 g/mol. The minimum atomic E-state index is -0.321. The van der Waals surface area contributed by atoms with Crippen LogP contribution in [-0.2, 0) is 11.2 Å². The van der Waals surface area contributed by atoms with E-state index in [1.807, 2.05) is 110 Å². The number of carbonyl (C=O) groups is 1. The summed E-state index contributed by atoms with van der Waals surface area (Å²) >= 11 is 1.55. The second kappa shape index (κ2) is 9.35. The Bertz CT molecular complexity index is 1410. The summed E-state index contributed by atoms with van der Waals surface area (Å²) in [7, 11) is 0. The lowest BCUT2D eigenvalue weighted by Crippen LogP contribution is -2.14. The number of para-hydroxylation sites is 1. The van der Waals surface area contributed by atoms with Crippen molar-refractivity contribution in [1.82, 2.24) is 9.78 Å². The lowest BCUT2D eigenvalue weighted by atomic mass is 10.0. The molecule has 0 aliphatic rings. The smallest absolute Gasteiger partial charge is 0.317 e. The number of hydrogen-bond acceptors (Lipinski definition) is 4. The predicted molar refractivity (Wildman–Crippen MR) is 132 cm³/mol. The highest BCUT2D eigenvalue weighted by Gasteiger charge is 2.22. The first-order valence-electron chi connectivity index (χ1n) is 10.7. The second-order valence-electron chi connectivity index (χ2n) is 7.67. The fraction of sp³-hybridized carbons (Fsp3) is 0.0714. The van der Waals surface area contributed by atoms with Gasteiger partial charge in [0.1, 0.15) is 0 Å². The molecule has 0 aliphatic carbocycles. The van der Waals surface area contributed by atoms with Crippen molar-refractivity contribution in [3.63, 3.8) is 0 Å². The van der Waals surface area contributed by atoms with Crippen LogP contribution in [0.4, 0.5) is 0 Å². The number of aromatic nitrogens is 2. The molecule has 0 N–H and O–H groups in total. The highest BCUT2D eigenvalue weighted by molar-refractivity contribution is 7.99. The van der Waals surface area contributed by atoms with Gasteiger partial charge < -0.3 is 4.74 Å². The molecule has 4 nitrogen and oxygen atoms in total. The van der Waals surface area contributed by atoms with Gasteiger partial charge in [-0.25, -0.2) is 0 Å². The number of carbonyl (C=O) groups excluding carboxylic acids is 1. The van der Waals surface area contributed by atoms with Crippen LogP contribution in [0.15, 0.2) is 113 Å². The summed E-state index contributed by atoms with van der Waals surface area (Å²) in [6.07, 6.45) is 0.176. The summed E-state index contributed by atoms with van der Waals surface area (Å²) in [5.74, 6) is 0.121. The van der Waals surface area contributed by atoms with Crippen LogP contribution in [0.2, 0.25) is 0 Å². The summed E-state index contributed by atoms with van der Waals surface area (Å²) in [4.78, 5) is 15.0. The van der Waals surface area contributed by atoms with E-state index in [1.54, 1.807) is 16.4 Å². The van der Waals surface area contributed by atoms with Crippen molar-refractivity contribution in [3.8, 4) is 11.6 Å². The molecule has 0 aliphatic heterocycles. The summed E-state index contributed by atoms with van der Waals surface area (Å²) in [5, 5.41) is 6.87. The van der Waals surface area contributed by atoms with Crippen LogP contribution < -0.4 is 4.74 Å². The molecule has 0 saturated heterocycles. The fourth-order valence-corrected chi connectivity index (χ4v) is 4.73. The predicted octanol–water partition coefficient (Wildman–Crippen LogP) is 6.63. The Balaban J connectivity index is 1.50. The Labute approximate surface area is 196 Å². The van der Waals surface area contributed by atoms with Crippen LogP contribution in [0.1, 0.15) is 11.3 Å². The molecule has 0 amide bonds. The Morgan fingerprint density at radius 3 is 2.30 bits per heavy atom. The SMILES string of the molecule is Cc1nn(-c2ccccc2)c(OC(=O)Cc2cccc3ccccc23)c1Sc1ccccc1. The summed E-state index contributed by atoms with van der Waals surface area (Å²) in [6, 6.07) is 33.8. The summed E-state index contributed by atoms with van der Waals surface area (Å²) in [6.45, 7) is 1.94. The van der Waals surface area contributed by atoms with Crippen molar-refractivity contribution in [3.05, 3.63) is 114 Å². The molecule has 0 radical (unpaired) electrons. The van der Waals surface area contributed by atoms with Gasteiger partial charge in [0.25, 0.3) is 0 Å². The maximum absolute atomic E-state index is 13.2. The molecule has 1 heterocycles. The minimum Gasteiger partial charge on any atom is -0.406 e. The highest BCUT2D eigenvalue weighted by Crippen LogP contribution is 2.39. The Hall–Kier alpha value is -3.83. The second-order valence-corrected chi connectivity index (χ2v) is 8.76. The largest absolute Gasteiger partial charge is 0.406 e. The van der Waals surface area contributed by atoms with Crippen LogP contribution in [0.3, 0.4) is 0 Å². The van der Waals surface area contributed by atoms with Gasteiger partial charge in [0.15, 0.2) is 0 Å². The molecule has 0 saturated carbocycles. The first-order chi connectivity index (χ1) is 16.2. The van der Waals surface area contributed by atoms with Crippen molar-refractivity contribution in [1.29, 1.82) is 0 Å². The molecular formula is C28H22N2O2S. The molecule has 0 atom stereocenters. The van der Waals surface area contributed by atoms with Gasteiger partial charge in [-0.15, -0.1) is 0 Å². The molecule has 33 heavy (non-hydrogen) atoms. The van der Waals surface area contributed by atoms with Gasteiger partial charge in [0.05, 0.1) is 22.7 Å². The number of esters is 1. The van der Waals surface area contributed by atoms with E-state index in [0.717, 1.165) is 37.5 Å². The average molecular weight is 451 g/mol. The van der Waals surface area contributed by atoms with Crippen molar-refractivity contribution in [2.24, 2.45) is 0 Å². The van der Waals surface area contributed by atoms with Crippen LogP contribution in [0, 0.1) is 6.92 Å². The first kappa shape index (κ1) is 21.0. The first-order valence-corrected chi connectivity index (χ1v) is 11.6. The Morgan fingerprint density at radius 2 is 1.52 bits per heavy atom. The number of benzene rings is 4. The van der Waals surface area contributed by atoms with Gasteiger partial charge in [-0.3, -0.25) is 4.79 Å². The number of aryl methyl sites for hydroxylation is 1. The molecule has 162 valence electrons. The molecule has 0 unspecified atom stereocenters.